The maximum absolute atomic E-state index is 12.8. The first-order valence-electron chi connectivity index (χ1n) is 10.6. The molecule has 4 rings (SSSR count). The molecule has 0 saturated carbocycles. The van der Waals surface area contributed by atoms with E-state index in [9.17, 15) is 9.59 Å². The molecule has 2 aromatic heterocycles. The van der Waals surface area contributed by atoms with Crippen molar-refractivity contribution in [1.82, 2.24) is 25.6 Å². The molecule has 0 aliphatic heterocycles. The number of nitrogens with two attached hydrogens (primary N) is 1. The number of nitrogens with one attached hydrogen (secondary N) is 4. The van der Waals surface area contributed by atoms with Crippen LogP contribution in [-0.2, 0) is 6.61 Å². The molecule has 35 heavy (non-hydrogen) atoms. The second-order valence-electron chi connectivity index (χ2n) is 7.36. The maximum atomic E-state index is 12.8. The second-order valence-corrected chi connectivity index (χ2v) is 7.36. The van der Waals surface area contributed by atoms with Crippen molar-refractivity contribution in [2.75, 3.05) is 5.32 Å². The Morgan fingerprint density at radius 3 is 2.71 bits per heavy atom. The molecule has 0 aliphatic carbocycles. The Morgan fingerprint density at radius 2 is 1.91 bits per heavy atom. The number of aromatic nitrogens is 3. The smallest absolute Gasteiger partial charge is 0.259 e. The van der Waals surface area contributed by atoms with Gasteiger partial charge in [-0.05, 0) is 23.8 Å². The molecule has 10 heteroatoms. The maximum Gasteiger partial charge on any atom is 0.259 e. The third-order valence-electron chi connectivity index (χ3n) is 4.83. The molecule has 2 amide bonds. The van der Waals surface area contributed by atoms with Gasteiger partial charge in [-0.15, -0.1) is 0 Å². The standard InChI is InChI=1S/C25H23N7O3/c1-16(28-11-10-26)29-24(34)20-8-5-9-21-22(20)31-25(30-21)32-23(33)18-12-19(14-27-13-18)35-15-17-6-3-2-4-7-17/h2-14,28H,1,15,26H2,(H,29,34)(H2,30,31,32,33)/b11-10-. The molecule has 0 radical (unpaired) electrons. The molecule has 2 heterocycles. The number of fused-ring (bicyclic) bond motifs is 1. The number of pyridine rings is 1. The van der Waals surface area contributed by atoms with Crippen molar-refractivity contribution in [2.24, 2.45) is 5.73 Å². The Morgan fingerprint density at radius 1 is 1.09 bits per heavy atom. The summed E-state index contributed by atoms with van der Waals surface area (Å²) in [6, 6.07) is 16.3. The van der Waals surface area contributed by atoms with Gasteiger partial charge in [0.2, 0.25) is 5.95 Å². The van der Waals surface area contributed by atoms with Crippen molar-refractivity contribution in [3.8, 4) is 5.75 Å². The minimum Gasteiger partial charge on any atom is -0.487 e. The van der Waals surface area contributed by atoms with Crippen LogP contribution in [0.4, 0.5) is 5.95 Å². The summed E-state index contributed by atoms with van der Waals surface area (Å²) in [5.41, 5.74) is 7.83. The number of carbonyl (C=O) groups excluding carboxylic acids is 2. The lowest BCUT2D eigenvalue weighted by atomic mass is 10.1. The molecule has 0 saturated heterocycles. The van der Waals surface area contributed by atoms with E-state index in [4.69, 9.17) is 10.5 Å². The molecule has 0 fully saturated rings. The highest BCUT2D eigenvalue weighted by atomic mass is 16.5. The number of hydrogen-bond donors (Lipinski definition) is 5. The summed E-state index contributed by atoms with van der Waals surface area (Å²) in [6.45, 7) is 4.06. The number of amides is 2. The number of para-hydroxylation sites is 1. The number of nitrogens with zero attached hydrogens (tertiary/aromatic N) is 2. The van der Waals surface area contributed by atoms with Crippen LogP contribution < -0.4 is 26.4 Å². The van der Waals surface area contributed by atoms with Crippen molar-refractivity contribution < 1.29 is 14.3 Å². The number of carbonyl (C=O) groups is 2. The van der Waals surface area contributed by atoms with Crippen molar-refractivity contribution in [3.63, 3.8) is 0 Å². The van der Waals surface area contributed by atoms with E-state index in [-0.39, 0.29) is 11.8 Å². The lowest BCUT2D eigenvalue weighted by Crippen LogP contribution is -2.28. The molecule has 176 valence electrons. The van der Waals surface area contributed by atoms with Crippen molar-refractivity contribution in [2.45, 2.75) is 6.61 Å². The highest BCUT2D eigenvalue weighted by Gasteiger charge is 2.16. The van der Waals surface area contributed by atoms with Gasteiger partial charge in [0, 0.05) is 18.6 Å². The summed E-state index contributed by atoms with van der Waals surface area (Å²) in [4.78, 5) is 36.9. The Balaban J connectivity index is 1.46. The van der Waals surface area contributed by atoms with Gasteiger partial charge in [0.15, 0.2) is 0 Å². The average Bonchev–Trinajstić information content (AvgIpc) is 3.29. The fourth-order valence-corrected chi connectivity index (χ4v) is 3.21. The molecule has 6 N–H and O–H groups in total. The van der Waals surface area contributed by atoms with Gasteiger partial charge in [0.05, 0.1) is 22.8 Å². The Kier molecular flexibility index (Phi) is 7.02. The zero-order valence-electron chi connectivity index (χ0n) is 18.6. The number of imidazole rings is 1. The number of H-pyrrole nitrogens is 1. The summed E-state index contributed by atoms with van der Waals surface area (Å²) in [5, 5.41) is 8.03. The normalized spacial score (nSPS) is 10.7. The number of hydrogen-bond acceptors (Lipinski definition) is 7. The molecule has 0 unspecified atom stereocenters. The van der Waals surface area contributed by atoms with E-state index in [0.29, 0.717) is 34.5 Å². The number of benzene rings is 2. The predicted molar refractivity (Wildman–Crippen MR) is 132 cm³/mol. The summed E-state index contributed by atoms with van der Waals surface area (Å²) >= 11 is 0. The summed E-state index contributed by atoms with van der Waals surface area (Å²) in [7, 11) is 0. The minimum atomic E-state index is -0.432. The fraction of sp³-hybridized carbons (Fsp3) is 0.0400. The fourth-order valence-electron chi connectivity index (χ4n) is 3.21. The van der Waals surface area contributed by atoms with Gasteiger partial charge in [-0.2, -0.15) is 0 Å². The predicted octanol–water partition coefficient (Wildman–Crippen LogP) is 3.01. The third-order valence-corrected chi connectivity index (χ3v) is 4.83. The third kappa shape index (κ3) is 5.82. The minimum absolute atomic E-state index is 0.184. The zero-order valence-corrected chi connectivity index (χ0v) is 18.6. The van der Waals surface area contributed by atoms with E-state index in [1.54, 1.807) is 24.3 Å². The van der Waals surface area contributed by atoms with Crippen LogP contribution in [0, 0.1) is 0 Å². The summed E-state index contributed by atoms with van der Waals surface area (Å²) < 4.78 is 5.75. The summed E-state index contributed by atoms with van der Waals surface area (Å²) in [6.07, 6.45) is 5.68. The Bertz CT molecular complexity index is 1400. The first-order valence-corrected chi connectivity index (χ1v) is 10.6. The molecular formula is C25H23N7O3. The van der Waals surface area contributed by atoms with E-state index in [2.05, 4.69) is 37.5 Å². The van der Waals surface area contributed by atoms with Crippen molar-refractivity contribution >= 4 is 28.8 Å². The van der Waals surface area contributed by atoms with E-state index in [1.807, 2.05) is 30.3 Å². The van der Waals surface area contributed by atoms with Gasteiger partial charge in [0.25, 0.3) is 11.8 Å². The van der Waals surface area contributed by atoms with Crippen LogP contribution in [0.1, 0.15) is 26.3 Å². The van der Waals surface area contributed by atoms with Crippen LogP contribution >= 0.6 is 0 Å². The van der Waals surface area contributed by atoms with E-state index in [0.717, 1.165) is 5.56 Å². The van der Waals surface area contributed by atoms with Crippen LogP contribution in [0.3, 0.4) is 0 Å². The molecule has 0 spiro atoms. The van der Waals surface area contributed by atoms with Crippen LogP contribution in [0.25, 0.3) is 11.0 Å². The molecule has 0 atom stereocenters. The van der Waals surface area contributed by atoms with E-state index < -0.39 is 11.8 Å². The lowest BCUT2D eigenvalue weighted by Gasteiger charge is -2.08. The largest absolute Gasteiger partial charge is 0.487 e. The van der Waals surface area contributed by atoms with Crippen LogP contribution in [0.5, 0.6) is 5.75 Å². The zero-order chi connectivity index (χ0) is 24.6. The first kappa shape index (κ1) is 23.1. The molecule has 0 aliphatic rings. The van der Waals surface area contributed by atoms with Gasteiger partial charge in [0.1, 0.15) is 23.7 Å². The van der Waals surface area contributed by atoms with Crippen molar-refractivity contribution in [1.29, 1.82) is 0 Å². The number of aromatic amines is 1. The molecule has 2 aromatic carbocycles. The highest BCUT2D eigenvalue weighted by Crippen LogP contribution is 2.20. The van der Waals surface area contributed by atoms with E-state index >= 15 is 0 Å². The Labute approximate surface area is 200 Å². The molecule has 4 aromatic rings. The van der Waals surface area contributed by atoms with Crippen LogP contribution in [0.15, 0.2) is 91.8 Å². The monoisotopic (exact) mass is 469 g/mol. The molecule has 10 nitrogen and oxygen atoms in total. The van der Waals surface area contributed by atoms with Crippen LogP contribution in [0.2, 0.25) is 0 Å². The molecule has 0 bridgehead atoms. The number of anilines is 1. The quantitative estimate of drug-likeness (QED) is 0.253. The van der Waals surface area contributed by atoms with Crippen molar-refractivity contribution in [3.05, 3.63) is 108 Å². The van der Waals surface area contributed by atoms with Gasteiger partial charge in [-0.1, -0.05) is 43.0 Å². The Hall–Kier alpha value is -5.12. The van der Waals surface area contributed by atoms with Gasteiger partial charge in [-0.3, -0.25) is 19.9 Å². The van der Waals surface area contributed by atoms with E-state index in [1.165, 1.54) is 24.8 Å². The highest BCUT2D eigenvalue weighted by molar-refractivity contribution is 6.07. The van der Waals surface area contributed by atoms with Gasteiger partial charge >= 0.3 is 0 Å². The SMILES string of the molecule is C=C(N/C=C\N)NC(=O)c1cccc2[nH]c(NC(=O)c3cncc(OCc4ccccc4)c3)nc12. The average molecular weight is 470 g/mol. The second kappa shape index (κ2) is 10.7. The van der Waals surface area contributed by atoms with Crippen LogP contribution in [-0.4, -0.2) is 26.8 Å². The van der Waals surface area contributed by atoms with Gasteiger partial charge in [-0.25, -0.2) is 4.98 Å². The lowest BCUT2D eigenvalue weighted by molar-refractivity contribution is 0.0964. The topological polar surface area (TPSA) is 147 Å². The first-order chi connectivity index (χ1) is 17.0. The number of rotatable bonds is 9. The number of ether oxygens (including phenoxy) is 1. The molecular weight excluding hydrogens is 446 g/mol. The van der Waals surface area contributed by atoms with Gasteiger partial charge < -0.3 is 26.1 Å². The summed E-state index contributed by atoms with van der Waals surface area (Å²) in [5.74, 6) is 0.0427.